The van der Waals surface area contributed by atoms with Crippen molar-refractivity contribution < 1.29 is 23.0 Å². The van der Waals surface area contributed by atoms with Crippen LogP contribution in [0.2, 0.25) is 0 Å². The summed E-state index contributed by atoms with van der Waals surface area (Å²) in [6, 6.07) is 9.48. The molecule has 142 valence electrons. The van der Waals surface area contributed by atoms with E-state index in [-0.39, 0.29) is 12.4 Å². The van der Waals surface area contributed by atoms with Gasteiger partial charge in [0, 0.05) is 5.56 Å². The zero-order chi connectivity index (χ0) is 19.8. The van der Waals surface area contributed by atoms with E-state index in [9.17, 15) is 13.6 Å². The molecule has 0 amide bonds. The standard InChI is InChI=1S/C20H19F2NO3S/c1-5-25-19(24)20(21,22)26-17-12(3)9-14(10-13(17)4)18-23-15-7-6-11(2)8-16(15)27-18/h6-10H,5H2,1-4H3. The van der Waals surface area contributed by atoms with Crippen LogP contribution in [0, 0.1) is 20.8 Å². The van der Waals surface area contributed by atoms with Crippen molar-refractivity contribution in [1.82, 2.24) is 4.98 Å². The van der Waals surface area contributed by atoms with Gasteiger partial charge in [0.05, 0.1) is 16.8 Å². The van der Waals surface area contributed by atoms with Gasteiger partial charge in [-0.2, -0.15) is 8.78 Å². The van der Waals surface area contributed by atoms with Gasteiger partial charge < -0.3 is 9.47 Å². The quantitative estimate of drug-likeness (QED) is 0.545. The lowest BCUT2D eigenvalue weighted by Gasteiger charge is -2.19. The minimum absolute atomic E-state index is 0.0336. The molecule has 2 aromatic carbocycles. The molecule has 1 heterocycles. The van der Waals surface area contributed by atoms with Crippen molar-refractivity contribution >= 4 is 27.5 Å². The molecule has 0 saturated carbocycles. The third-order valence-electron chi connectivity index (χ3n) is 3.99. The van der Waals surface area contributed by atoms with Crippen LogP contribution >= 0.6 is 11.3 Å². The molecule has 0 fully saturated rings. The van der Waals surface area contributed by atoms with E-state index in [1.807, 2.05) is 19.1 Å². The number of hydrogen-bond acceptors (Lipinski definition) is 5. The van der Waals surface area contributed by atoms with Gasteiger partial charge in [0.1, 0.15) is 10.8 Å². The fourth-order valence-electron chi connectivity index (χ4n) is 2.78. The van der Waals surface area contributed by atoms with E-state index >= 15 is 0 Å². The summed E-state index contributed by atoms with van der Waals surface area (Å²) in [5.41, 5.74) is 3.84. The highest BCUT2D eigenvalue weighted by atomic mass is 32.1. The molecule has 0 aliphatic heterocycles. The molecule has 0 saturated heterocycles. The maximum absolute atomic E-state index is 13.9. The Morgan fingerprint density at radius 2 is 1.81 bits per heavy atom. The summed E-state index contributed by atoms with van der Waals surface area (Å²) in [4.78, 5) is 16.0. The summed E-state index contributed by atoms with van der Waals surface area (Å²) in [7, 11) is 0. The van der Waals surface area contributed by atoms with Gasteiger partial charge in [-0.1, -0.05) is 6.07 Å². The fourth-order valence-corrected chi connectivity index (χ4v) is 3.83. The van der Waals surface area contributed by atoms with Gasteiger partial charge in [0.2, 0.25) is 0 Å². The van der Waals surface area contributed by atoms with E-state index in [1.54, 1.807) is 26.0 Å². The van der Waals surface area contributed by atoms with E-state index in [0.717, 1.165) is 26.4 Å². The highest BCUT2D eigenvalue weighted by Crippen LogP contribution is 2.36. The molecule has 0 spiro atoms. The number of fused-ring (bicyclic) bond motifs is 1. The van der Waals surface area contributed by atoms with Gasteiger partial charge in [-0.25, -0.2) is 9.78 Å². The first kappa shape index (κ1) is 19.2. The molecular weight excluding hydrogens is 372 g/mol. The van der Waals surface area contributed by atoms with Crippen LogP contribution in [0.25, 0.3) is 20.8 Å². The highest BCUT2D eigenvalue weighted by Gasteiger charge is 2.44. The van der Waals surface area contributed by atoms with Gasteiger partial charge in [-0.05, 0) is 68.7 Å². The van der Waals surface area contributed by atoms with Crippen molar-refractivity contribution in [3.8, 4) is 16.3 Å². The number of esters is 1. The number of benzene rings is 2. The second-order valence-electron chi connectivity index (χ2n) is 6.27. The van der Waals surface area contributed by atoms with Crippen LogP contribution in [0.5, 0.6) is 5.75 Å². The minimum Gasteiger partial charge on any atom is -0.459 e. The van der Waals surface area contributed by atoms with Crippen molar-refractivity contribution in [2.75, 3.05) is 6.61 Å². The third-order valence-corrected chi connectivity index (χ3v) is 5.06. The van der Waals surface area contributed by atoms with Gasteiger partial charge in [0.15, 0.2) is 0 Å². The number of alkyl halides is 2. The summed E-state index contributed by atoms with van der Waals surface area (Å²) in [5.74, 6) is -1.73. The normalized spacial score (nSPS) is 11.6. The van der Waals surface area contributed by atoms with Crippen LogP contribution in [0.4, 0.5) is 8.78 Å². The second-order valence-corrected chi connectivity index (χ2v) is 7.30. The molecule has 4 nitrogen and oxygen atoms in total. The number of aryl methyl sites for hydroxylation is 3. The Labute approximate surface area is 159 Å². The van der Waals surface area contributed by atoms with Crippen LogP contribution in [0.1, 0.15) is 23.6 Å². The number of carbonyl (C=O) groups is 1. The molecule has 3 aromatic rings. The average Bonchev–Trinajstić information content (AvgIpc) is 3.01. The smallest absolute Gasteiger partial charge is 0.459 e. The Balaban J connectivity index is 1.95. The van der Waals surface area contributed by atoms with Gasteiger partial charge in [0.25, 0.3) is 0 Å². The summed E-state index contributed by atoms with van der Waals surface area (Å²) in [5, 5.41) is 0.797. The van der Waals surface area contributed by atoms with Crippen molar-refractivity contribution in [2.45, 2.75) is 33.8 Å². The maximum Gasteiger partial charge on any atom is 0.502 e. The summed E-state index contributed by atoms with van der Waals surface area (Å²) in [6.45, 7) is 6.64. The zero-order valence-electron chi connectivity index (χ0n) is 15.4. The van der Waals surface area contributed by atoms with E-state index in [4.69, 9.17) is 4.74 Å². The van der Waals surface area contributed by atoms with Crippen molar-refractivity contribution in [2.24, 2.45) is 0 Å². The predicted molar refractivity (Wildman–Crippen MR) is 101 cm³/mol. The molecule has 27 heavy (non-hydrogen) atoms. The van der Waals surface area contributed by atoms with Crippen molar-refractivity contribution in [3.05, 3.63) is 47.0 Å². The lowest BCUT2D eigenvalue weighted by Crippen LogP contribution is -2.37. The molecule has 0 bridgehead atoms. The molecule has 0 N–H and O–H groups in total. The first-order valence-corrected chi connectivity index (χ1v) is 9.25. The molecule has 0 atom stereocenters. The Hall–Kier alpha value is -2.54. The fraction of sp³-hybridized carbons (Fsp3) is 0.300. The van der Waals surface area contributed by atoms with Crippen molar-refractivity contribution in [1.29, 1.82) is 0 Å². The molecular formula is C20H19F2NO3S. The van der Waals surface area contributed by atoms with Gasteiger partial charge >= 0.3 is 12.1 Å². The van der Waals surface area contributed by atoms with E-state index in [2.05, 4.69) is 15.8 Å². The number of ether oxygens (including phenoxy) is 2. The van der Waals surface area contributed by atoms with Crippen molar-refractivity contribution in [3.63, 3.8) is 0 Å². The number of nitrogens with zero attached hydrogens (tertiary/aromatic N) is 1. The number of rotatable bonds is 5. The lowest BCUT2D eigenvalue weighted by atomic mass is 10.1. The molecule has 7 heteroatoms. The Bertz CT molecular complexity index is 991. The molecule has 0 unspecified atom stereocenters. The Morgan fingerprint density at radius 1 is 1.15 bits per heavy atom. The van der Waals surface area contributed by atoms with Gasteiger partial charge in [-0.3, -0.25) is 0 Å². The second kappa shape index (κ2) is 7.23. The van der Waals surface area contributed by atoms with Crippen LogP contribution in [0.3, 0.4) is 0 Å². The zero-order valence-corrected chi connectivity index (χ0v) is 16.2. The van der Waals surface area contributed by atoms with Crippen LogP contribution < -0.4 is 4.74 Å². The number of carbonyl (C=O) groups excluding carboxylic acids is 1. The molecule has 0 radical (unpaired) electrons. The minimum atomic E-state index is -4.04. The topological polar surface area (TPSA) is 48.4 Å². The maximum atomic E-state index is 13.9. The molecule has 0 aliphatic carbocycles. The number of halogens is 2. The van der Waals surface area contributed by atoms with Crippen LogP contribution in [-0.4, -0.2) is 23.7 Å². The largest absolute Gasteiger partial charge is 0.502 e. The summed E-state index contributed by atoms with van der Waals surface area (Å²) in [6.07, 6.45) is -4.04. The molecule has 0 aliphatic rings. The lowest BCUT2D eigenvalue weighted by molar-refractivity contribution is -0.216. The first-order valence-electron chi connectivity index (χ1n) is 8.44. The SMILES string of the molecule is CCOC(=O)C(F)(F)Oc1c(C)cc(-c2nc3ccc(C)cc3s2)cc1C. The Kier molecular flexibility index (Phi) is 5.15. The van der Waals surface area contributed by atoms with E-state index in [0.29, 0.717) is 11.1 Å². The van der Waals surface area contributed by atoms with E-state index < -0.39 is 12.1 Å². The van der Waals surface area contributed by atoms with E-state index in [1.165, 1.54) is 18.3 Å². The monoisotopic (exact) mass is 391 g/mol. The molecule has 3 rings (SSSR count). The molecule has 1 aromatic heterocycles. The predicted octanol–water partition coefficient (Wildman–Crippen LogP) is 5.42. The van der Waals surface area contributed by atoms with Crippen LogP contribution in [-0.2, 0) is 9.53 Å². The highest BCUT2D eigenvalue weighted by molar-refractivity contribution is 7.21. The van der Waals surface area contributed by atoms with Gasteiger partial charge in [-0.15, -0.1) is 11.3 Å². The number of hydrogen-bond donors (Lipinski definition) is 0. The Morgan fingerprint density at radius 3 is 2.44 bits per heavy atom. The number of thiazole rings is 1. The average molecular weight is 391 g/mol. The summed E-state index contributed by atoms with van der Waals surface area (Å²) >= 11 is 1.54. The third kappa shape index (κ3) is 3.93. The first-order chi connectivity index (χ1) is 12.7. The number of aromatic nitrogens is 1. The summed E-state index contributed by atoms with van der Waals surface area (Å²) < 4.78 is 38.0. The van der Waals surface area contributed by atoms with Crippen LogP contribution in [0.15, 0.2) is 30.3 Å².